The highest BCUT2D eigenvalue weighted by atomic mass is 16.5. The number of carbonyl (C=O) groups excluding carboxylic acids is 2. The van der Waals surface area contributed by atoms with E-state index in [1.54, 1.807) is 7.05 Å². The van der Waals surface area contributed by atoms with Crippen LogP contribution in [0.15, 0.2) is 63.5 Å². The van der Waals surface area contributed by atoms with E-state index in [0.717, 1.165) is 11.1 Å². The van der Waals surface area contributed by atoms with Gasteiger partial charge in [-0.3, -0.25) is 20.0 Å². The molecular formula is C19H18N8O3. The molecule has 0 spiro atoms. The van der Waals surface area contributed by atoms with Crippen molar-refractivity contribution >= 4 is 30.2 Å². The molecule has 11 heteroatoms. The Morgan fingerprint density at radius 1 is 1.13 bits per heavy atom. The average molecular weight is 406 g/mol. The lowest BCUT2D eigenvalue weighted by molar-refractivity contribution is 0.0943. The highest BCUT2D eigenvalue weighted by molar-refractivity contribution is 6.02. The first-order valence-electron chi connectivity index (χ1n) is 8.71. The molecule has 3 N–H and O–H groups in total. The van der Waals surface area contributed by atoms with Gasteiger partial charge in [0.05, 0.1) is 6.20 Å². The third-order valence-electron chi connectivity index (χ3n) is 3.89. The van der Waals surface area contributed by atoms with Gasteiger partial charge in [0, 0.05) is 38.0 Å². The first-order chi connectivity index (χ1) is 14.6. The molecular weight excluding hydrogens is 388 g/mol. The summed E-state index contributed by atoms with van der Waals surface area (Å²) >= 11 is 0. The van der Waals surface area contributed by atoms with E-state index in [2.05, 4.69) is 48.0 Å². The van der Waals surface area contributed by atoms with Gasteiger partial charge in [-0.2, -0.15) is 5.10 Å². The number of hydrogen-bond acceptors (Lipinski definition) is 8. The van der Waals surface area contributed by atoms with Crippen molar-refractivity contribution in [2.75, 3.05) is 12.4 Å². The summed E-state index contributed by atoms with van der Waals surface area (Å²) in [6, 6.07) is 10.2. The van der Waals surface area contributed by atoms with Gasteiger partial charge in [0.15, 0.2) is 0 Å². The highest BCUT2D eigenvalue weighted by Gasteiger charge is 2.13. The summed E-state index contributed by atoms with van der Waals surface area (Å²) in [7, 11) is 1.64. The number of hydrazone groups is 1. The van der Waals surface area contributed by atoms with Crippen LogP contribution in [0.25, 0.3) is 0 Å². The smallest absolute Gasteiger partial charge is 0.295 e. The molecule has 0 aliphatic carbocycles. The lowest BCUT2D eigenvalue weighted by Crippen LogP contribution is -2.24. The first kappa shape index (κ1) is 20.3. The topological polar surface area (TPSA) is 147 Å². The molecule has 152 valence electrons. The Labute approximate surface area is 171 Å². The van der Waals surface area contributed by atoms with Crippen LogP contribution in [0.4, 0.5) is 5.82 Å². The third-order valence-corrected chi connectivity index (χ3v) is 3.89. The van der Waals surface area contributed by atoms with Gasteiger partial charge in [0.1, 0.15) is 23.7 Å². The number of benzene rings is 1. The Balaban J connectivity index is 1.60. The number of aliphatic imine (C=N–C) groups is 1. The predicted octanol–water partition coefficient (Wildman–Crippen LogP) is 1.23. The van der Waals surface area contributed by atoms with Crippen molar-refractivity contribution < 1.29 is 14.1 Å². The number of nitrogens with one attached hydrogen (secondary N) is 3. The molecule has 2 aromatic heterocycles. The molecule has 3 aromatic rings. The number of hydrogen-bond donors (Lipinski definition) is 3. The summed E-state index contributed by atoms with van der Waals surface area (Å²) < 4.78 is 4.77. The van der Waals surface area contributed by atoms with Crippen LogP contribution in [-0.4, -0.2) is 46.5 Å². The maximum Gasteiger partial charge on any atom is 0.295 e. The van der Waals surface area contributed by atoms with Gasteiger partial charge < -0.3 is 15.2 Å². The summed E-state index contributed by atoms with van der Waals surface area (Å²) in [5, 5.41) is 12.3. The molecule has 0 bridgehead atoms. The van der Waals surface area contributed by atoms with E-state index in [1.807, 2.05) is 24.3 Å². The van der Waals surface area contributed by atoms with E-state index in [-0.39, 0.29) is 23.8 Å². The minimum atomic E-state index is -0.534. The van der Waals surface area contributed by atoms with Crippen LogP contribution < -0.4 is 16.1 Å². The van der Waals surface area contributed by atoms with Crippen LogP contribution in [0.3, 0.4) is 0 Å². The molecule has 0 radical (unpaired) electrons. The second-order valence-corrected chi connectivity index (χ2v) is 5.84. The number of nitrogens with zero attached hydrogens (tertiary/aromatic N) is 5. The summed E-state index contributed by atoms with van der Waals surface area (Å²) in [5.41, 5.74) is 4.53. The van der Waals surface area contributed by atoms with Crippen molar-refractivity contribution in [2.24, 2.45) is 10.1 Å². The average Bonchev–Trinajstić information content (AvgIpc) is 3.32. The number of amidine groups is 1. The molecule has 0 saturated carbocycles. The standard InChI is InChI=1S/C19H18N8O3/c1-20-17(27-21-2)13-5-3-12(4-6-13)10-22-18(28)14-9-16(24-11-23-14)26-19(29)15-7-8-25-30-15/h3-9,11H,2,10H2,1H3,(H,20,27)(H,22,28)(H,23,24,26,29). The SMILES string of the molecule is C=NNC(=NC)c1ccc(CNC(=O)c2cc(NC(=O)c3ccno3)ncn2)cc1. The van der Waals surface area contributed by atoms with E-state index >= 15 is 0 Å². The van der Waals surface area contributed by atoms with Crippen molar-refractivity contribution in [1.82, 2.24) is 25.9 Å². The zero-order valence-electron chi connectivity index (χ0n) is 16.0. The number of aromatic nitrogens is 3. The normalized spacial score (nSPS) is 10.9. The van der Waals surface area contributed by atoms with Crippen LogP contribution >= 0.6 is 0 Å². The largest absolute Gasteiger partial charge is 0.351 e. The second kappa shape index (κ2) is 9.68. The minimum Gasteiger partial charge on any atom is -0.351 e. The highest BCUT2D eigenvalue weighted by Crippen LogP contribution is 2.09. The van der Waals surface area contributed by atoms with Crippen molar-refractivity contribution in [3.63, 3.8) is 0 Å². The van der Waals surface area contributed by atoms with Crippen molar-refractivity contribution in [3.8, 4) is 0 Å². The Kier molecular flexibility index (Phi) is 6.56. The summed E-state index contributed by atoms with van der Waals surface area (Å²) in [6.45, 7) is 3.66. The zero-order chi connectivity index (χ0) is 21.3. The van der Waals surface area contributed by atoms with Crippen LogP contribution in [-0.2, 0) is 6.54 Å². The molecule has 0 aliphatic heterocycles. The molecule has 11 nitrogen and oxygen atoms in total. The summed E-state index contributed by atoms with van der Waals surface area (Å²) in [5.74, 6) is -0.172. The van der Waals surface area contributed by atoms with Gasteiger partial charge in [-0.1, -0.05) is 29.4 Å². The number of carbonyl (C=O) groups is 2. The van der Waals surface area contributed by atoms with Crippen molar-refractivity contribution in [3.05, 3.63) is 71.5 Å². The lowest BCUT2D eigenvalue weighted by atomic mass is 10.1. The molecule has 2 amide bonds. The van der Waals surface area contributed by atoms with Gasteiger partial charge in [-0.05, 0) is 5.56 Å². The Bertz CT molecular complexity index is 1060. The number of rotatable bonds is 7. The summed E-state index contributed by atoms with van der Waals surface area (Å²) in [6.07, 6.45) is 2.54. The number of amides is 2. The zero-order valence-corrected chi connectivity index (χ0v) is 16.0. The fourth-order valence-electron chi connectivity index (χ4n) is 2.43. The predicted molar refractivity (Wildman–Crippen MR) is 109 cm³/mol. The molecule has 1 aromatic carbocycles. The second-order valence-electron chi connectivity index (χ2n) is 5.84. The maximum absolute atomic E-state index is 12.4. The Morgan fingerprint density at radius 3 is 2.60 bits per heavy atom. The first-order valence-corrected chi connectivity index (χ1v) is 8.71. The van der Waals surface area contributed by atoms with Crippen LogP contribution in [0, 0.1) is 0 Å². The Hall–Kier alpha value is -4.41. The monoisotopic (exact) mass is 406 g/mol. The fourth-order valence-corrected chi connectivity index (χ4v) is 2.43. The molecule has 0 atom stereocenters. The molecule has 0 aliphatic rings. The quantitative estimate of drug-likeness (QED) is 0.304. The third kappa shape index (κ3) is 5.10. The van der Waals surface area contributed by atoms with Gasteiger partial charge in [0.25, 0.3) is 11.8 Å². The van der Waals surface area contributed by atoms with Gasteiger partial charge in [0.2, 0.25) is 5.76 Å². The van der Waals surface area contributed by atoms with Crippen molar-refractivity contribution in [2.45, 2.75) is 6.54 Å². The van der Waals surface area contributed by atoms with Gasteiger partial charge in [-0.25, -0.2) is 9.97 Å². The minimum absolute atomic E-state index is 0.0263. The van der Waals surface area contributed by atoms with Gasteiger partial charge >= 0.3 is 0 Å². The van der Waals surface area contributed by atoms with E-state index < -0.39 is 11.8 Å². The molecule has 2 heterocycles. The van der Waals surface area contributed by atoms with Crippen LogP contribution in [0.5, 0.6) is 0 Å². The fraction of sp³-hybridized carbons (Fsp3) is 0.105. The molecule has 3 rings (SSSR count). The van der Waals surface area contributed by atoms with Crippen molar-refractivity contribution in [1.29, 1.82) is 0 Å². The molecule has 30 heavy (non-hydrogen) atoms. The van der Waals surface area contributed by atoms with E-state index in [1.165, 1.54) is 24.7 Å². The lowest BCUT2D eigenvalue weighted by Gasteiger charge is -2.08. The maximum atomic E-state index is 12.4. The molecule has 0 saturated heterocycles. The summed E-state index contributed by atoms with van der Waals surface area (Å²) in [4.78, 5) is 36.3. The van der Waals surface area contributed by atoms with E-state index in [9.17, 15) is 9.59 Å². The van der Waals surface area contributed by atoms with E-state index in [0.29, 0.717) is 5.84 Å². The van der Waals surface area contributed by atoms with Crippen LogP contribution in [0.2, 0.25) is 0 Å². The van der Waals surface area contributed by atoms with E-state index in [4.69, 9.17) is 4.52 Å². The molecule has 0 unspecified atom stereocenters. The number of anilines is 1. The van der Waals surface area contributed by atoms with Crippen LogP contribution in [0.1, 0.15) is 32.2 Å². The van der Waals surface area contributed by atoms with Gasteiger partial charge in [-0.15, -0.1) is 0 Å². The molecule has 0 fully saturated rings. The Morgan fingerprint density at radius 2 is 1.93 bits per heavy atom.